The van der Waals surface area contributed by atoms with Crippen LogP contribution in [0.3, 0.4) is 0 Å². The van der Waals surface area contributed by atoms with Crippen LogP contribution < -0.4 is 5.32 Å². The first-order chi connectivity index (χ1) is 8.52. The number of anilines is 1. The minimum Gasteiger partial charge on any atom is -0.464 e. The van der Waals surface area contributed by atoms with Gasteiger partial charge in [-0.1, -0.05) is 20.8 Å². The van der Waals surface area contributed by atoms with Gasteiger partial charge in [-0.2, -0.15) is 0 Å². The SMILES string of the molecule is CC(C)(C)C(CCO)Nc1nccc2occc12. The molecule has 1 unspecified atom stereocenters. The summed E-state index contributed by atoms with van der Waals surface area (Å²) in [6, 6.07) is 3.91. The highest BCUT2D eigenvalue weighted by molar-refractivity contribution is 5.87. The molecule has 0 aliphatic rings. The Morgan fingerprint density at radius 2 is 2.17 bits per heavy atom. The third-order valence-corrected chi connectivity index (χ3v) is 3.15. The maximum atomic E-state index is 9.17. The summed E-state index contributed by atoms with van der Waals surface area (Å²) >= 11 is 0. The summed E-state index contributed by atoms with van der Waals surface area (Å²) in [5, 5.41) is 13.6. The molecular formula is C14H20N2O2. The van der Waals surface area contributed by atoms with Crippen molar-refractivity contribution in [3.63, 3.8) is 0 Å². The second-order valence-electron chi connectivity index (χ2n) is 5.57. The number of rotatable bonds is 4. The Bertz CT molecular complexity index is 514. The second kappa shape index (κ2) is 4.98. The third-order valence-electron chi connectivity index (χ3n) is 3.15. The molecule has 2 heterocycles. The van der Waals surface area contributed by atoms with Crippen LogP contribution in [-0.2, 0) is 0 Å². The first kappa shape index (κ1) is 12.9. The van der Waals surface area contributed by atoms with Crippen molar-refractivity contribution in [2.24, 2.45) is 5.41 Å². The van der Waals surface area contributed by atoms with Crippen LogP contribution in [0.25, 0.3) is 11.0 Å². The van der Waals surface area contributed by atoms with Gasteiger partial charge < -0.3 is 14.8 Å². The Kier molecular flexibility index (Phi) is 3.57. The van der Waals surface area contributed by atoms with Gasteiger partial charge in [0.15, 0.2) is 0 Å². The molecule has 0 saturated carbocycles. The topological polar surface area (TPSA) is 58.3 Å². The fourth-order valence-corrected chi connectivity index (χ4v) is 2.03. The van der Waals surface area contributed by atoms with E-state index in [1.165, 1.54) is 0 Å². The van der Waals surface area contributed by atoms with Crippen molar-refractivity contribution in [1.82, 2.24) is 4.98 Å². The molecule has 2 rings (SSSR count). The predicted molar refractivity (Wildman–Crippen MR) is 72.6 cm³/mol. The maximum absolute atomic E-state index is 9.17. The number of pyridine rings is 1. The zero-order chi connectivity index (χ0) is 13.2. The van der Waals surface area contributed by atoms with E-state index in [0.29, 0.717) is 6.42 Å². The molecule has 2 aromatic heterocycles. The summed E-state index contributed by atoms with van der Waals surface area (Å²) in [5.41, 5.74) is 0.875. The van der Waals surface area contributed by atoms with Crippen molar-refractivity contribution < 1.29 is 9.52 Å². The molecule has 2 aromatic rings. The van der Waals surface area contributed by atoms with Crippen LogP contribution in [0.1, 0.15) is 27.2 Å². The second-order valence-corrected chi connectivity index (χ2v) is 5.57. The van der Waals surface area contributed by atoms with E-state index in [1.54, 1.807) is 12.5 Å². The molecular weight excluding hydrogens is 228 g/mol. The van der Waals surface area contributed by atoms with Crippen LogP contribution in [0, 0.1) is 5.41 Å². The monoisotopic (exact) mass is 248 g/mol. The molecule has 0 aliphatic heterocycles. The van der Waals surface area contributed by atoms with Gasteiger partial charge in [-0.15, -0.1) is 0 Å². The predicted octanol–water partition coefficient (Wildman–Crippen LogP) is 3.04. The number of aliphatic hydroxyl groups is 1. The first-order valence-corrected chi connectivity index (χ1v) is 6.22. The third kappa shape index (κ3) is 2.64. The highest BCUT2D eigenvalue weighted by atomic mass is 16.3. The fraction of sp³-hybridized carbons (Fsp3) is 0.500. The number of hydrogen-bond acceptors (Lipinski definition) is 4. The molecule has 0 fully saturated rings. The molecule has 98 valence electrons. The number of fused-ring (bicyclic) bond motifs is 1. The van der Waals surface area contributed by atoms with Crippen molar-refractivity contribution in [2.45, 2.75) is 33.2 Å². The Morgan fingerprint density at radius 3 is 2.83 bits per heavy atom. The lowest BCUT2D eigenvalue weighted by Crippen LogP contribution is -2.35. The number of nitrogens with one attached hydrogen (secondary N) is 1. The smallest absolute Gasteiger partial charge is 0.139 e. The Hall–Kier alpha value is -1.55. The maximum Gasteiger partial charge on any atom is 0.139 e. The number of hydrogen-bond donors (Lipinski definition) is 2. The van der Waals surface area contributed by atoms with Gasteiger partial charge in [-0.05, 0) is 24.0 Å². The molecule has 0 saturated heterocycles. The van der Waals surface area contributed by atoms with Gasteiger partial charge in [0.25, 0.3) is 0 Å². The van der Waals surface area contributed by atoms with Gasteiger partial charge in [-0.25, -0.2) is 4.98 Å². The number of aliphatic hydroxyl groups excluding tert-OH is 1. The van der Waals surface area contributed by atoms with E-state index in [-0.39, 0.29) is 18.1 Å². The Morgan fingerprint density at radius 1 is 1.39 bits per heavy atom. The Balaban J connectivity index is 2.28. The molecule has 0 amide bonds. The van der Waals surface area contributed by atoms with Crippen molar-refractivity contribution in [1.29, 1.82) is 0 Å². The lowest BCUT2D eigenvalue weighted by atomic mass is 9.85. The average Bonchev–Trinajstić information content (AvgIpc) is 2.76. The highest BCUT2D eigenvalue weighted by Gasteiger charge is 2.24. The number of nitrogens with zero attached hydrogens (tertiary/aromatic N) is 1. The van der Waals surface area contributed by atoms with E-state index in [2.05, 4.69) is 31.1 Å². The van der Waals surface area contributed by atoms with Gasteiger partial charge >= 0.3 is 0 Å². The van der Waals surface area contributed by atoms with Gasteiger partial charge in [0.2, 0.25) is 0 Å². The average molecular weight is 248 g/mol. The Labute approximate surface area is 107 Å². The number of aromatic nitrogens is 1. The van der Waals surface area contributed by atoms with Gasteiger partial charge in [0.1, 0.15) is 11.4 Å². The molecule has 0 radical (unpaired) electrons. The van der Waals surface area contributed by atoms with Crippen molar-refractivity contribution in [3.8, 4) is 0 Å². The first-order valence-electron chi connectivity index (χ1n) is 6.22. The molecule has 2 N–H and O–H groups in total. The van der Waals surface area contributed by atoms with Crippen LogP contribution in [0.5, 0.6) is 0 Å². The molecule has 4 nitrogen and oxygen atoms in total. The fourth-order valence-electron chi connectivity index (χ4n) is 2.03. The van der Waals surface area contributed by atoms with E-state index in [9.17, 15) is 5.11 Å². The van der Waals surface area contributed by atoms with E-state index in [4.69, 9.17) is 4.42 Å². The summed E-state index contributed by atoms with van der Waals surface area (Å²) < 4.78 is 5.36. The van der Waals surface area contributed by atoms with E-state index < -0.39 is 0 Å². The minimum absolute atomic E-state index is 0.0519. The summed E-state index contributed by atoms with van der Waals surface area (Å²) in [4.78, 5) is 4.36. The molecule has 0 spiro atoms. The van der Waals surface area contributed by atoms with E-state index in [1.807, 2.05) is 12.1 Å². The van der Waals surface area contributed by atoms with Gasteiger partial charge in [0.05, 0.1) is 11.6 Å². The standard InChI is InChI=1S/C14H20N2O2/c1-14(2,3)12(5-8-17)16-13-10-6-9-18-11(10)4-7-15-13/h4,6-7,9,12,17H,5,8H2,1-3H3,(H,15,16). The van der Waals surface area contributed by atoms with Crippen LogP contribution in [-0.4, -0.2) is 22.7 Å². The largest absolute Gasteiger partial charge is 0.464 e. The normalized spacial score (nSPS) is 13.8. The zero-order valence-corrected chi connectivity index (χ0v) is 11.1. The summed E-state index contributed by atoms with van der Waals surface area (Å²) in [6.07, 6.45) is 4.09. The summed E-state index contributed by atoms with van der Waals surface area (Å²) in [5.74, 6) is 0.814. The van der Waals surface area contributed by atoms with Crippen molar-refractivity contribution in [3.05, 3.63) is 24.6 Å². The van der Waals surface area contributed by atoms with Crippen LogP contribution >= 0.6 is 0 Å². The zero-order valence-electron chi connectivity index (χ0n) is 11.1. The molecule has 4 heteroatoms. The molecule has 0 aliphatic carbocycles. The lowest BCUT2D eigenvalue weighted by Gasteiger charge is -2.31. The number of furan rings is 1. The van der Waals surface area contributed by atoms with Gasteiger partial charge in [-0.3, -0.25) is 0 Å². The van der Waals surface area contributed by atoms with Gasteiger partial charge in [0, 0.05) is 18.8 Å². The van der Waals surface area contributed by atoms with E-state index in [0.717, 1.165) is 16.8 Å². The van der Waals surface area contributed by atoms with Crippen molar-refractivity contribution >= 4 is 16.8 Å². The van der Waals surface area contributed by atoms with Crippen LogP contribution in [0.15, 0.2) is 29.0 Å². The van der Waals surface area contributed by atoms with E-state index >= 15 is 0 Å². The van der Waals surface area contributed by atoms with Crippen LogP contribution in [0.4, 0.5) is 5.82 Å². The highest BCUT2D eigenvalue weighted by Crippen LogP contribution is 2.28. The molecule has 0 aromatic carbocycles. The quantitative estimate of drug-likeness (QED) is 0.873. The molecule has 18 heavy (non-hydrogen) atoms. The molecule has 0 bridgehead atoms. The summed E-state index contributed by atoms with van der Waals surface area (Å²) in [6.45, 7) is 6.61. The summed E-state index contributed by atoms with van der Waals surface area (Å²) in [7, 11) is 0. The van der Waals surface area contributed by atoms with Crippen molar-refractivity contribution in [2.75, 3.05) is 11.9 Å². The lowest BCUT2D eigenvalue weighted by molar-refractivity contribution is 0.235. The minimum atomic E-state index is 0.0519. The van der Waals surface area contributed by atoms with Crippen LogP contribution in [0.2, 0.25) is 0 Å². The molecule has 1 atom stereocenters.